The van der Waals surface area contributed by atoms with Crippen molar-refractivity contribution >= 4 is 17.5 Å². The van der Waals surface area contributed by atoms with Crippen LogP contribution < -0.4 is 10.7 Å². The first-order chi connectivity index (χ1) is 12.6. The van der Waals surface area contributed by atoms with Crippen LogP contribution >= 0.6 is 0 Å². The molecule has 0 unspecified atom stereocenters. The largest absolute Gasteiger partial charge is 0.351 e. The zero-order valence-electron chi connectivity index (χ0n) is 14.7. The third kappa shape index (κ3) is 2.89. The molecule has 1 atom stereocenters. The van der Waals surface area contributed by atoms with E-state index in [1.54, 1.807) is 0 Å². The lowest BCUT2D eigenvalue weighted by Gasteiger charge is -2.08. The number of carbonyl (C=O) groups is 2. The predicted molar refractivity (Wildman–Crippen MR) is 97.3 cm³/mol. The Morgan fingerprint density at radius 1 is 1.31 bits per heavy atom. The van der Waals surface area contributed by atoms with Gasteiger partial charge in [0.25, 0.3) is 5.91 Å². The predicted octanol–water partition coefficient (Wildman–Crippen LogP) is 1.60. The van der Waals surface area contributed by atoms with Gasteiger partial charge >= 0.3 is 0 Å². The van der Waals surface area contributed by atoms with E-state index in [1.807, 2.05) is 41.9 Å². The molecule has 2 amide bonds. The van der Waals surface area contributed by atoms with E-state index in [0.717, 1.165) is 41.9 Å². The molecule has 2 aromatic rings. The third-order valence-electron chi connectivity index (χ3n) is 5.03. The van der Waals surface area contributed by atoms with Crippen LogP contribution in [0.15, 0.2) is 35.4 Å². The van der Waals surface area contributed by atoms with Gasteiger partial charge in [-0.3, -0.25) is 9.59 Å². The molecule has 7 nitrogen and oxygen atoms in total. The second-order valence-electron chi connectivity index (χ2n) is 6.70. The molecule has 2 N–H and O–H groups in total. The summed E-state index contributed by atoms with van der Waals surface area (Å²) in [5, 5.41) is 11.4. The van der Waals surface area contributed by atoms with Crippen LogP contribution in [0.3, 0.4) is 0 Å². The van der Waals surface area contributed by atoms with Crippen molar-refractivity contribution < 1.29 is 9.59 Å². The fourth-order valence-electron chi connectivity index (χ4n) is 3.65. The lowest BCUT2D eigenvalue weighted by Crippen LogP contribution is -2.30. The standard InChI is InChI=1S/C19H21N5O2/c1-12-14(18(25)22-21-12)10-11-20-19(26)17-15-8-5-9-16(15)24(23-17)13-6-3-2-4-7-13/h2-4,6-7,14H,5,8-11H2,1H3,(H,20,26)(H,22,25)/t14-/m1/s1. The van der Waals surface area contributed by atoms with Gasteiger partial charge in [-0.15, -0.1) is 0 Å². The summed E-state index contributed by atoms with van der Waals surface area (Å²) in [6.07, 6.45) is 3.39. The van der Waals surface area contributed by atoms with E-state index in [9.17, 15) is 9.59 Å². The molecule has 7 heteroatoms. The number of hydrogen-bond acceptors (Lipinski definition) is 4. The molecule has 0 saturated heterocycles. The molecular weight excluding hydrogens is 330 g/mol. The molecule has 2 aliphatic rings. The minimum Gasteiger partial charge on any atom is -0.351 e. The number of rotatable bonds is 5. The Bertz CT molecular complexity index is 885. The minimum atomic E-state index is -0.261. The van der Waals surface area contributed by atoms with Crippen molar-refractivity contribution in [2.75, 3.05) is 6.54 Å². The molecule has 0 fully saturated rings. The number of aromatic nitrogens is 2. The number of fused-ring (bicyclic) bond motifs is 1. The van der Waals surface area contributed by atoms with E-state index in [4.69, 9.17) is 0 Å². The van der Waals surface area contributed by atoms with Crippen LogP contribution in [0.4, 0.5) is 0 Å². The summed E-state index contributed by atoms with van der Waals surface area (Å²) in [4.78, 5) is 24.4. The molecule has 4 rings (SSSR count). The van der Waals surface area contributed by atoms with Crippen LogP contribution in [0, 0.1) is 5.92 Å². The van der Waals surface area contributed by atoms with Crippen LogP contribution in [-0.2, 0) is 17.6 Å². The van der Waals surface area contributed by atoms with Crippen molar-refractivity contribution in [2.45, 2.75) is 32.6 Å². The number of carbonyl (C=O) groups excluding carboxylic acids is 2. The molecule has 0 radical (unpaired) electrons. The van der Waals surface area contributed by atoms with Crippen LogP contribution in [0.25, 0.3) is 5.69 Å². The van der Waals surface area contributed by atoms with Crippen molar-refractivity contribution in [1.29, 1.82) is 0 Å². The molecule has 0 bridgehead atoms. The fourth-order valence-corrected chi connectivity index (χ4v) is 3.65. The van der Waals surface area contributed by atoms with Crippen molar-refractivity contribution in [2.24, 2.45) is 11.0 Å². The van der Waals surface area contributed by atoms with Crippen LogP contribution in [0.5, 0.6) is 0 Å². The average molecular weight is 351 g/mol. The Morgan fingerprint density at radius 3 is 2.85 bits per heavy atom. The highest BCUT2D eigenvalue weighted by Crippen LogP contribution is 2.27. The molecule has 2 heterocycles. The monoisotopic (exact) mass is 351 g/mol. The number of hydrogen-bond donors (Lipinski definition) is 2. The van der Waals surface area contributed by atoms with Gasteiger partial charge in [-0.05, 0) is 44.7 Å². The molecule has 134 valence electrons. The molecule has 26 heavy (non-hydrogen) atoms. The third-order valence-corrected chi connectivity index (χ3v) is 5.03. The number of nitrogens with one attached hydrogen (secondary N) is 2. The van der Waals surface area contributed by atoms with Crippen molar-refractivity contribution in [3.05, 3.63) is 47.3 Å². The van der Waals surface area contributed by atoms with E-state index in [0.29, 0.717) is 18.7 Å². The lowest BCUT2D eigenvalue weighted by molar-refractivity contribution is -0.122. The minimum absolute atomic E-state index is 0.106. The fraction of sp³-hybridized carbons (Fsp3) is 0.368. The zero-order valence-corrected chi connectivity index (χ0v) is 14.7. The molecule has 1 aliphatic heterocycles. The molecule has 0 spiro atoms. The second kappa shape index (κ2) is 6.74. The smallest absolute Gasteiger partial charge is 0.272 e. The van der Waals surface area contributed by atoms with Gasteiger partial charge in [0, 0.05) is 23.5 Å². The van der Waals surface area contributed by atoms with Crippen molar-refractivity contribution in [1.82, 2.24) is 20.5 Å². The summed E-state index contributed by atoms with van der Waals surface area (Å²) >= 11 is 0. The summed E-state index contributed by atoms with van der Waals surface area (Å²) in [5.41, 5.74) is 6.87. The highest BCUT2D eigenvalue weighted by atomic mass is 16.2. The Labute approximate surface area is 151 Å². The Morgan fingerprint density at radius 2 is 2.12 bits per heavy atom. The summed E-state index contributed by atoms with van der Waals surface area (Å²) in [6.45, 7) is 2.23. The first-order valence-electron chi connectivity index (χ1n) is 8.93. The highest BCUT2D eigenvalue weighted by molar-refractivity contribution is 6.06. The first kappa shape index (κ1) is 16.5. The molecule has 0 saturated carbocycles. The van der Waals surface area contributed by atoms with Gasteiger partial charge in [-0.2, -0.15) is 10.2 Å². The number of para-hydroxylation sites is 1. The van der Waals surface area contributed by atoms with Gasteiger partial charge in [0.1, 0.15) is 0 Å². The van der Waals surface area contributed by atoms with Gasteiger partial charge in [0.05, 0.1) is 11.6 Å². The molecule has 1 aromatic heterocycles. The highest BCUT2D eigenvalue weighted by Gasteiger charge is 2.28. The normalized spacial score (nSPS) is 18.4. The summed E-state index contributed by atoms with van der Waals surface area (Å²) in [7, 11) is 0. The maximum atomic E-state index is 12.7. The second-order valence-corrected chi connectivity index (χ2v) is 6.70. The summed E-state index contributed by atoms with van der Waals surface area (Å²) < 4.78 is 1.89. The first-order valence-corrected chi connectivity index (χ1v) is 8.93. The average Bonchev–Trinajstić information content (AvgIpc) is 3.33. The maximum absolute atomic E-state index is 12.7. The van der Waals surface area contributed by atoms with Gasteiger partial charge < -0.3 is 5.32 Å². The number of nitrogens with zero attached hydrogens (tertiary/aromatic N) is 3. The summed E-state index contributed by atoms with van der Waals surface area (Å²) in [6, 6.07) is 9.89. The van der Waals surface area contributed by atoms with Crippen LogP contribution in [0.1, 0.15) is 41.5 Å². The maximum Gasteiger partial charge on any atom is 0.272 e. The molecule has 1 aliphatic carbocycles. The van der Waals surface area contributed by atoms with E-state index in [1.165, 1.54) is 0 Å². The molecule has 1 aromatic carbocycles. The van der Waals surface area contributed by atoms with Gasteiger partial charge in [0.2, 0.25) is 5.91 Å². The molecular formula is C19H21N5O2. The number of amides is 2. The van der Waals surface area contributed by atoms with Crippen LogP contribution in [-0.4, -0.2) is 33.9 Å². The zero-order chi connectivity index (χ0) is 18.1. The summed E-state index contributed by atoms with van der Waals surface area (Å²) in [5.74, 6) is -0.542. The number of hydrazone groups is 1. The van der Waals surface area contributed by atoms with Crippen molar-refractivity contribution in [3.63, 3.8) is 0 Å². The quantitative estimate of drug-likeness (QED) is 0.858. The van der Waals surface area contributed by atoms with Crippen molar-refractivity contribution in [3.8, 4) is 5.69 Å². The topological polar surface area (TPSA) is 88.4 Å². The van der Waals surface area contributed by atoms with E-state index in [-0.39, 0.29) is 17.7 Å². The Balaban J connectivity index is 1.48. The lowest BCUT2D eigenvalue weighted by atomic mass is 10.0. The SMILES string of the molecule is CC1=NNC(=O)[C@@H]1CCNC(=O)c1nn(-c2ccccc2)c2c1CCC2. The van der Waals surface area contributed by atoms with Gasteiger partial charge in [0.15, 0.2) is 5.69 Å². The van der Waals surface area contributed by atoms with E-state index < -0.39 is 0 Å². The Hall–Kier alpha value is -2.96. The number of benzene rings is 1. The van der Waals surface area contributed by atoms with E-state index in [2.05, 4.69) is 20.9 Å². The van der Waals surface area contributed by atoms with E-state index >= 15 is 0 Å². The van der Waals surface area contributed by atoms with Crippen LogP contribution in [0.2, 0.25) is 0 Å². The van der Waals surface area contributed by atoms with Gasteiger partial charge in [-0.1, -0.05) is 18.2 Å². The van der Waals surface area contributed by atoms with Gasteiger partial charge in [-0.25, -0.2) is 10.1 Å². The Kier molecular flexibility index (Phi) is 4.28.